The van der Waals surface area contributed by atoms with Crippen LogP contribution in [0.4, 0.5) is 0 Å². The maximum Gasteiger partial charge on any atom is 0.225 e. The Bertz CT molecular complexity index is 585. The van der Waals surface area contributed by atoms with Gasteiger partial charge >= 0.3 is 0 Å². The first-order valence-electron chi connectivity index (χ1n) is 6.74. The van der Waals surface area contributed by atoms with Gasteiger partial charge in [0.25, 0.3) is 0 Å². The van der Waals surface area contributed by atoms with E-state index < -0.39 is 0 Å². The Morgan fingerprint density at radius 2 is 2.00 bits per heavy atom. The molecule has 0 bridgehead atoms. The van der Waals surface area contributed by atoms with Crippen LogP contribution in [0.1, 0.15) is 23.6 Å². The maximum atomic E-state index is 12.2. The quantitative estimate of drug-likeness (QED) is 0.923. The van der Waals surface area contributed by atoms with Crippen LogP contribution in [0, 0.1) is 0 Å². The van der Waals surface area contributed by atoms with E-state index in [2.05, 4.69) is 4.98 Å². The highest BCUT2D eigenvalue weighted by atomic mass is 16.2. The fourth-order valence-corrected chi connectivity index (χ4v) is 2.76. The summed E-state index contributed by atoms with van der Waals surface area (Å²) in [5.74, 6) is 0.107. The molecule has 4 heteroatoms. The van der Waals surface area contributed by atoms with Crippen molar-refractivity contribution in [2.75, 3.05) is 0 Å². The third kappa shape index (κ3) is 2.42. The predicted octanol–water partition coefficient (Wildman–Crippen LogP) is 1.88. The molecule has 0 radical (unpaired) electrons. The van der Waals surface area contributed by atoms with Crippen molar-refractivity contribution in [3.05, 3.63) is 66.0 Å². The van der Waals surface area contributed by atoms with Gasteiger partial charge in [0, 0.05) is 31.4 Å². The summed E-state index contributed by atoms with van der Waals surface area (Å²) in [7, 11) is 0. The molecule has 1 aromatic carbocycles. The van der Waals surface area contributed by atoms with E-state index in [4.69, 9.17) is 5.73 Å². The van der Waals surface area contributed by atoms with Crippen LogP contribution in [-0.4, -0.2) is 21.8 Å². The van der Waals surface area contributed by atoms with E-state index in [0.29, 0.717) is 13.0 Å². The minimum absolute atomic E-state index is 0.0867. The lowest BCUT2D eigenvalue weighted by atomic mass is 10.0. The summed E-state index contributed by atoms with van der Waals surface area (Å²) in [6, 6.07) is 13.6. The van der Waals surface area contributed by atoms with Gasteiger partial charge in [0.1, 0.15) is 0 Å². The molecule has 2 N–H and O–H groups in total. The highest BCUT2D eigenvalue weighted by Gasteiger charge is 2.38. The van der Waals surface area contributed by atoms with Gasteiger partial charge in [-0.25, -0.2) is 0 Å². The summed E-state index contributed by atoms with van der Waals surface area (Å²) in [6.45, 7) is 0.590. The number of aromatic nitrogens is 1. The monoisotopic (exact) mass is 267 g/mol. The van der Waals surface area contributed by atoms with E-state index in [0.717, 1.165) is 11.1 Å². The summed E-state index contributed by atoms with van der Waals surface area (Å²) in [6.07, 6.45) is 3.92. The summed E-state index contributed by atoms with van der Waals surface area (Å²) in [4.78, 5) is 18.2. The first kappa shape index (κ1) is 12.8. The Morgan fingerprint density at radius 1 is 1.20 bits per heavy atom. The number of hydrogen-bond acceptors (Lipinski definition) is 3. The van der Waals surface area contributed by atoms with Crippen LogP contribution in [-0.2, 0) is 11.3 Å². The molecule has 102 valence electrons. The molecule has 3 rings (SSSR count). The second-order valence-electron chi connectivity index (χ2n) is 5.11. The average molecular weight is 267 g/mol. The Kier molecular flexibility index (Phi) is 3.48. The molecule has 1 amide bonds. The van der Waals surface area contributed by atoms with Crippen molar-refractivity contribution in [1.29, 1.82) is 0 Å². The maximum absolute atomic E-state index is 12.2. The topological polar surface area (TPSA) is 59.2 Å². The minimum atomic E-state index is -0.171. The number of benzene rings is 1. The van der Waals surface area contributed by atoms with Gasteiger partial charge in [-0.3, -0.25) is 9.78 Å². The summed E-state index contributed by atoms with van der Waals surface area (Å²) < 4.78 is 0. The van der Waals surface area contributed by atoms with E-state index in [1.165, 1.54) is 0 Å². The fourth-order valence-electron chi connectivity index (χ4n) is 2.76. The van der Waals surface area contributed by atoms with Gasteiger partial charge in [0.2, 0.25) is 5.91 Å². The minimum Gasteiger partial charge on any atom is -0.330 e. The van der Waals surface area contributed by atoms with Crippen LogP contribution in [0.2, 0.25) is 0 Å². The van der Waals surface area contributed by atoms with Gasteiger partial charge in [-0.05, 0) is 17.2 Å². The molecule has 2 atom stereocenters. The lowest BCUT2D eigenvalue weighted by Crippen LogP contribution is -2.32. The zero-order chi connectivity index (χ0) is 13.9. The predicted molar refractivity (Wildman–Crippen MR) is 76.6 cm³/mol. The lowest BCUT2D eigenvalue weighted by Gasteiger charge is -2.27. The molecule has 1 aliphatic rings. The number of hydrogen-bond donors (Lipinski definition) is 1. The zero-order valence-electron chi connectivity index (χ0n) is 11.1. The standard InChI is InChI=1S/C16H17N3O/c17-14-9-15(20)19(11-12-5-2-1-3-6-12)16(14)13-7-4-8-18-10-13/h1-8,10,14,16H,9,11,17H2/t14-,16+/m0/s1. The van der Waals surface area contributed by atoms with Crippen molar-refractivity contribution in [2.24, 2.45) is 5.73 Å². The van der Waals surface area contributed by atoms with Crippen LogP contribution in [0.25, 0.3) is 0 Å². The normalized spacial score (nSPS) is 22.2. The molecule has 1 aliphatic heterocycles. The number of pyridine rings is 1. The molecule has 0 saturated carbocycles. The first-order chi connectivity index (χ1) is 9.75. The number of amides is 1. The molecule has 2 heterocycles. The number of carbonyl (C=O) groups excluding carboxylic acids is 1. The van der Waals surface area contributed by atoms with Crippen LogP contribution >= 0.6 is 0 Å². The second kappa shape index (κ2) is 5.43. The van der Waals surface area contributed by atoms with Gasteiger partial charge in [0.05, 0.1) is 6.04 Å². The third-order valence-corrected chi connectivity index (χ3v) is 3.69. The molecule has 1 fully saturated rings. The molecule has 20 heavy (non-hydrogen) atoms. The van der Waals surface area contributed by atoms with Crippen molar-refractivity contribution in [2.45, 2.75) is 25.0 Å². The van der Waals surface area contributed by atoms with Crippen LogP contribution in [0.5, 0.6) is 0 Å². The number of likely N-dealkylation sites (tertiary alicyclic amines) is 1. The lowest BCUT2D eigenvalue weighted by molar-refractivity contribution is -0.129. The van der Waals surface area contributed by atoms with Gasteiger partial charge in [-0.15, -0.1) is 0 Å². The molecule has 4 nitrogen and oxygen atoms in total. The van der Waals surface area contributed by atoms with E-state index in [1.54, 1.807) is 12.4 Å². The Hall–Kier alpha value is -2.20. The summed E-state index contributed by atoms with van der Waals surface area (Å²) in [5, 5.41) is 0. The SMILES string of the molecule is N[C@H]1CC(=O)N(Cc2ccccc2)[C@@H]1c1cccnc1. The highest BCUT2D eigenvalue weighted by molar-refractivity contribution is 5.80. The van der Waals surface area contributed by atoms with E-state index in [9.17, 15) is 4.79 Å². The average Bonchev–Trinajstić information content (AvgIpc) is 2.75. The number of nitrogens with zero attached hydrogens (tertiary/aromatic N) is 2. The summed E-state index contributed by atoms with van der Waals surface area (Å²) in [5.41, 5.74) is 8.27. The molecule has 1 aromatic heterocycles. The zero-order valence-corrected chi connectivity index (χ0v) is 11.1. The Balaban J connectivity index is 1.89. The largest absolute Gasteiger partial charge is 0.330 e. The molecule has 2 aromatic rings. The van der Waals surface area contributed by atoms with Crippen LogP contribution < -0.4 is 5.73 Å². The van der Waals surface area contributed by atoms with Crippen molar-refractivity contribution < 1.29 is 4.79 Å². The van der Waals surface area contributed by atoms with E-state index >= 15 is 0 Å². The molecule has 0 aliphatic carbocycles. The number of rotatable bonds is 3. The van der Waals surface area contributed by atoms with Gasteiger partial charge < -0.3 is 10.6 Å². The van der Waals surface area contributed by atoms with Crippen LogP contribution in [0.3, 0.4) is 0 Å². The van der Waals surface area contributed by atoms with Crippen molar-refractivity contribution >= 4 is 5.91 Å². The molecule has 0 spiro atoms. The van der Waals surface area contributed by atoms with E-state index in [1.807, 2.05) is 47.4 Å². The van der Waals surface area contributed by atoms with Crippen LogP contribution in [0.15, 0.2) is 54.9 Å². The van der Waals surface area contributed by atoms with E-state index in [-0.39, 0.29) is 18.0 Å². The third-order valence-electron chi connectivity index (χ3n) is 3.69. The summed E-state index contributed by atoms with van der Waals surface area (Å²) >= 11 is 0. The molecular weight excluding hydrogens is 250 g/mol. The molecule has 1 saturated heterocycles. The highest BCUT2D eigenvalue weighted by Crippen LogP contribution is 2.32. The van der Waals surface area contributed by atoms with Gasteiger partial charge in [-0.1, -0.05) is 36.4 Å². The molecule has 0 unspecified atom stereocenters. The molecular formula is C16H17N3O. The van der Waals surface area contributed by atoms with Gasteiger partial charge in [0.15, 0.2) is 0 Å². The fraction of sp³-hybridized carbons (Fsp3) is 0.250. The van der Waals surface area contributed by atoms with Crippen molar-refractivity contribution in [3.63, 3.8) is 0 Å². The number of nitrogens with two attached hydrogens (primary N) is 1. The Labute approximate surface area is 118 Å². The second-order valence-corrected chi connectivity index (χ2v) is 5.11. The van der Waals surface area contributed by atoms with Crippen molar-refractivity contribution in [1.82, 2.24) is 9.88 Å². The van der Waals surface area contributed by atoms with Gasteiger partial charge in [-0.2, -0.15) is 0 Å². The van der Waals surface area contributed by atoms with Crippen molar-refractivity contribution in [3.8, 4) is 0 Å². The smallest absolute Gasteiger partial charge is 0.225 e. The first-order valence-corrected chi connectivity index (χ1v) is 6.74. The number of carbonyl (C=O) groups is 1. The Morgan fingerprint density at radius 3 is 2.70 bits per heavy atom.